The molecule has 0 aliphatic rings. The fourth-order valence-corrected chi connectivity index (χ4v) is 4.05. The number of carbonyl (C=O) groups is 2. The third kappa shape index (κ3) is 8.44. The molecule has 3 aromatic rings. The van der Waals surface area contributed by atoms with Gasteiger partial charge in [0.2, 0.25) is 11.8 Å². The second-order valence-corrected chi connectivity index (χ2v) is 10.3. The minimum Gasteiger partial charge on any atom is -0.497 e. The van der Waals surface area contributed by atoms with Crippen molar-refractivity contribution in [1.82, 2.24) is 9.97 Å². The highest BCUT2D eigenvalue weighted by molar-refractivity contribution is 5.98. The molecular formula is C29H36FN5O6. The largest absolute Gasteiger partial charge is 0.497 e. The van der Waals surface area contributed by atoms with Crippen LogP contribution in [0.1, 0.15) is 56.1 Å². The number of halogens is 1. The molecule has 12 heteroatoms. The van der Waals surface area contributed by atoms with E-state index in [0.29, 0.717) is 11.4 Å². The number of ether oxygens (including phenoxy) is 4. The smallest absolute Gasteiger partial charge is 0.306 e. The van der Waals surface area contributed by atoms with E-state index in [4.69, 9.17) is 24.7 Å². The summed E-state index contributed by atoms with van der Waals surface area (Å²) >= 11 is 0. The lowest BCUT2D eigenvalue weighted by molar-refractivity contribution is -0.155. The molecule has 0 saturated heterocycles. The van der Waals surface area contributed by atoms with Crippen molar-refractivity contribution >= 4 is 29.2 Å². The summed E-state index contributed by atoms with van der Waals surface area (Å²) in [6.07, 6.45) is 0.0453. The number of pyridine rings is 2. The summed E-state index contributed by atoms with van der Waals surface area (Å²) in [5.74, 6) is -1.51. The molecule has 1 aromatic carbocycles. The van der Waals surface area contributed by atoms with Gasteiger partial charge in [0.15, 0.2) is 11.6 Å². The van der Waals surface area contributed by atoms with Crippen molar-refractivity contribution in [2.24, 2.45) is 11.7 Å². The van der Waals surface area contributed by atoms with Crippen LogP contribution in [-0.4, -0.2) is 48.8 Å². The normalized spacial score (nSPS) is 12.6. The molecule has 0 saturated carbocycles. The number of primary amides is 1. The number of nitrogens with zero attached hydrogens (tertiary/aromatic N) is 2. The van der Waals surface area contributed by atoms with Crippen molar-refractivity contribution in [3.63, 3.8) is 0 Å². The molecule has 2 heterocycles. The molecule has 41 heavy (non-hydrogen) atoms. The zero-order valence-electron chi connectivity index (χ0n) is 24.2. The van der Waals surface area contributed by atoms with E-state index < -0.39 is 29.3 Å². The van der Waals surface area contributed by atoms with Gasteiger partial charge in [0, 0.05) is 12.1 Å². The predicted octanol–water partition coefficient (Wildman–Crippen LogP) is 5.01. The van der Waals surface area contributed by atoms with Crippen LogP contribution in [0.5, 0.6) is 17.5 Å². The number of aromatic nitrogens is 2. The first-order chi connectivity index (χ1) is 19.3. The van der Waals surface area contributed by atoms with Crippen molar-refractivity contribution < 1.29 is 32.9 Å². The topological polar surface area (TPSA) is 147 Å². The number of carbonyl (C=O) groups excluding carboxylic acids is 2. The monoisotopic (exact) mass is 569 g/mol. The Bertz CT molecular complexity index is 1360. The molecular weight excluding hydrogens is 533 g/mol. The van der Waals surface area contributed by atoms with Crippen LogP contribution in [0.3, 0.4) is 0 Å². The maximum absolute atomic E-state index is 15.4. The number of esters is 1. The van der Waals surface area contributed by atoms with E-state index in [1.807, 2.05) is 19.1 Å². The summed E-state index contributed by atoms with van der Waals surface area (Å²) in [5.41, 5.74) is 5.87. The number of benzene rings is 1. The van der Waals surface area contributed by atoms with Gasteiger partial charge in [-0.1, -0.05) is 19.1 Å². The Labute approximate surface area is 238 Å². The number of amides is 1. The SMILES string of the molecule is COc1ccc([C@@H](Nc2nc(Nc3cc(OC)nc(OC)c3)c(C(N)=O)cc2F)[C@H](C)CC(=O)OC(C)(C)C)cc1. The third-order valence-corrected chi connectivity index (χ3v) is 5.95. The molecule has 1 amide bonds. The molecule has 0 aliphatic heterocycles. The fourth-order valence-electron chi connectivity index (χ4n) is 4.05. The highest BCUT2D eigenvalue weighted by Crippen LogP contribution is 2.33. The van der Waals surface area contributed by atoms with Gasteiger partial charge in [-0.15, -0.1) is 0 Å². The molecule has 0 bridgehead atoms. The molecule has 3 rings (SSSR count). The minimum absolute atomic E-state index is 0.00928. The molecule has 0 unspecified atom stereocenters. The quantitative estimate of drug-likeness (QED) is 0.254. The summed E-state index contributed by atoms with van der Waals surface area (Å²) in [5, 5.41) is 6.09. The molecule has 0 aliphatic carbocycles. The average Bonchev–Trinajstić information content (AvgIpc) is 2.91. The van der Waals surface area contributed by atoms with Crippen LogP contribution in [0.15, 0.2) is 42.5 Å². The maximum Gasteiger partial charge on any atom is 0.306 e. The van der Waals surface area contributed by atoms with Crippen molar-refractivity contribution in [3.05, 3.63) is 59.4 Å². The Kier molecular flexibility index (Phi) is 9.93. The molecule has 220 valence electrons. The summed E-state index contributed by atoms with van der Waals surface area (Å²) in [6, 6.07) is 10.7. The van der Waals surface area contributed by atoms with Gasteiger partial charge in [-0.3, -0.25) is 9.59 Å². The average molecular weight is 570 g/mol. The standard InChI is InChI=1S/C29H36FN5O6/c1-16(12-24(36)41-29(2,3)4)25(17-8-10-19(38-5)11-9-17)34-28-21(30)15-20(26(31)37)27(35-28)32-18-13-22(39-6)33-23(14-18)40-7/h8-11,13-16,25H,12H2,1-7H3,(H2,31,37)(H2,32,33,34,35)/t16-,25+/m1/s1. The van der Waals surface area contributed by atoms with Gasteiger partial charge in [-0.05, 0) is 50.5 Å². The van der Waals surface area contributed by atoms with Crippen molar-refractivity contribution in [2.45, 2.75) is 45.8 Å². The molecule has 2 atom stereocenters. The van der Waals surface area contributed by atoms with Crippen LogP contribution in [0.25, 0.3) is 0 Å². The summed E-state index contributed by atoms with van der Waals surface area (Å²) in [7, 11) is 4.44. The lowest BCUT2D eigenvalue weighted by Crippen LogP contribution is -2.28. The summed E-state index contributed by atoms with van der Waals surface area (Å²) in [4.78, 5) is 33.4. The lowest BCUT2D eigenvalue weighted by Gasteiger charge is -2.28. The van der Waals surface area contributed by atoms with E-state index >= 15 is 4.39 Å². The Hall–Kier alpha value is -4.61. The lowest BCUT2D eigenvalue weighted by atomic mass is 9.91. The third-order valence-electron chi connectivity index (χ3n) is 5.95. The van der Waals surface area contributed by atoms with Gasteiger partial charge in [-0.25, -0.2) is 9.37 Å². The van der Waals surface area contributed by atoms with Gasteiger partial charge < -0.3 is 35.3 Å². The zero-order chi connectivity index (χ0) is 30.3. The molecule has 0 radical (unpaired) electrons. The van der Waals surface area contributed by atoms with E-state index in [2.05, 4.69) is 20.6 Å². The zero-order valence-corrected chi connectivity index (χ0v) is 24.2. The van der Waals surface area contributed by atoms with E-state index in [0.717, 1.165) is 11.6 Å². The van der Waals surface area contributed by atoms with Crippen molar-refractivity contribution in [3.8, 4) is 17.5 Å². The Morgan fingerprint density at radius 1 is 0.951 bits per heavy atom. The number of hydrogen-bond acceptors (Lipinski definition) is 10. The number of hydrogen-bond donors (Lipinski definition) is 3. The van der Waals surface area contributed by atoms with E-state index in [1.54, 1.807) is 52.1 Å². The Morgan fingerprint density at radius 2 is 1.56 bits per heavy atom. The predicted molar refractivity (Wildman–Crippen MR) is 152 cm³/mol. The Morgan fingerprint density at radius 3 is 2.07 bits per heavy atom. The van der Waals surface area contributed by atoms with Crippen LogP contribution in [-0.2, 0) is 9.53 Å². The van der Waals surface area contributed by atoms with E-state index in [-0.39, 0.29) is 41.3 Å². The van der Waals surface area contributed by atoms with Crippen LogP contribution < -0.4 is 30.6 Å². The minimum atomic E-state index is -0.886. The number of methoxy groups -OCH3 is 3. The second kappa shape index (κ2) is 13.2. The first-order valence-corrected chi connectivity index (χ1v) is 12.8. The number of rotatable bonds is 12. The molecule has 0 fully saturated rings. The molecule has 4 N–H and O–H groups in total. The van der Waals surface area contributed by atoms with Crippen LogP contribution >= 0.6 is 0 Å². The van der Waals surface area contributed by atoms with Gasteiger partial charge in [-0.2, -0.15) is 4.98 Å². The summed E-state index contributed by atoms with van der Waals surface area (Å²) < 4.78 is 36.6. The van der Waals surface area contributed by atoms with Crippen LogP contribution in [0.2, 0.25) is 0 Å². The second-order valence-electron chi connectivity index (χ2n) is 10.3. The molecule has 0 spiro atoms. The van der Waals surface area contributed by atoms with Gasteiger partial charge in [0.1, 0.15) is 17.2 Å². The van der Waals surface area contributed by atoms with E-state index in [9.17, 15) is 9.59 Å². The Balaban J connectivity index is 2.02. The highest BCUT2D eigenvalue weighted by atomic mass is 19.1. The number of nitrogens with one attached hydrogen (secondary N) is 2. The van der Waals surface area contributed by atoms with Crippen LogP contribution in [0.4, 0.5) is 21.7 Å². The van der Waals surface area contributed by atoms with E-state index in [1.165, 1.54) is 14.2 Å². The maximum atomic E-state index is 15.4. The van der Waals surface area contributed by atoms with Crippen molar-refractivity contribution in [1.29, 1.82) is 0 Å². The van der Waals surface area contributed by atoms with Crippen molar-refractivity contribution in [2.75, 3.05) is 32.0 Å². The molecule has 11 nitrogen and oxygen atoms in total. The highest BCUT2D eigenvalue weighted by Gasteiger charge is 2.27. The van der Waals surface area contributed by atoms with Crippen LogP contribution in [0, 0.1) is 11.7 Å². The number of nitrogens with two attached hydrogens (primary N) is 1. The number of anilines is 3. The van der Waals surface area contributed by atoms with Gasteiger partial charge in [0.05, 0.1) is 45.0 Å². The van der Waals surface area contributed by atoms with Gasteiger partial charge in [0.25, 0.3) is 5.91 Å². The first-order valence-electron chi connectivity index (χ1n) is 12.8. The first kappa shape index (κ1) is 30.9. The molecule has 2 aromatic heterocycles. The van der Waals surface area contributed by atoms with Gasteiger partial charge >= 0.3 is 5.97 Å². The fraction of sp³-hybridized carbons (Fsp3) is 0.379. The summed E-state index contributed by atoms with van der Waals surface area (Å²) in [6.45, 7) is 7.21.